The highest BCUT2D eigenvalue weighted by molar-refractivity contribution is 6.30. The van der Waals surface area contributed by atoms with Crippen molar-refractivity contribution in [3.05, 3.63) is 23.5 Å². The van der Waals surface area contributed by atoms with Crippen LogP contribution in [0.5, 0.6) is 5.75 Å². The molecule has 0 aliphatic heterocycles. The zero-order chi connectivity index (χ0) is 8.97. The Morgan fingerprint density at radius 1 is 1.67 bits per heavy atom. The number of hydrogen-bond acceptors (Lipinski definition) is 3. The highest BCUT2D eigenvalue weighted by atomic mass is 35.5. The molecule has 1 N–H and O–H groups in total. The molecule has 0 amide bonds. The fourth-order valence-corrected chi connectivity index (χ4v) is 0.780. The van der Waals surface area contributed by atoms with Crippen molar-refractivity contribution in [3.8, 4) is 5.75 Å². The fraction of sp³-hybridized carbons (Fsp3) is 0.143. The number of pyridine rings is 1. The maximum Gasteiger partial charge on any atom is 0.341 e. The lowest BCUT2D eigenvalue weighted by atomic mass is 10.5. The van der Waals surface area contributed by atoms with Gasteiger partial charge < -0.3 is 9.84 Å². The van der Waals surface area contributed by atoms with E-state index in [1.165, 1.54) is 18.5 Å². The highest BCUT2D eigenvalue weighted by Crippen LogP contribution is 2.14. The minimum Gasteiger partial charge on any atom is -0.480 e. The quantitative estimate of drug-likeness (QED) is 0.773. The number of aliphatic carboxylic acids is 1. The summed E-state index contributed by atoms with van der Waals surface area (Å²) in [5, 5.41) is 8.68. The van der Waals surface area contributed by atoms with Gasteiger partial charge in [-0.3, -0.25) is 4.98 Å². The lowest BCUT2D eigenvalue weighted by Crippen LogP contribution is -2.09. The van der Waals surface area contributed by atoms with Crippen molar-refractivity contribution in [3.63, 3.8) is 0 Å². The van der Waals surface area contributed by atoms with E-state index in [-0.39, 0.29) is 6.61 Å². The van der Waals surface area contributed by atoms with Crippen LogP contribution in [-0.2, 0) is 4.79 Å². The summed E-state index contributed by atoms with van der Waals surface area (Å²) in [5.74, 6) is -0.681. The van der Waals surface area contributed by atoms with E-state index in [2.05, 4.69) is 4.98 Å². The van der Waals surface area contributed by atoms with Crippen molar-refractivity contribution < 1.29 is 14.6 Å². The summed E-state index contributed by atoms with van der Waals surface area (Å²) in [7, 11) is 0. The molecule has 0 atom stereocenters. The smallest absolute Gasteiger partial charge is 0.341 e. The summed E-state index contributed by atoms with van der Waals surface area (Å²) in [6, 6.07) is 1.50. The van der Waals surface area contributed by atoms with Gasteiger partial charge in [0.1, 0.15) is 5.75 Å². The first-order chi connectivity index (χ1) is 5.68. The average molecular weight is 188 g/mol. The Morgan fingerprint density at radius 2 is 2.42 bits per heavy atom. The second-order valence-corrected chi connectivity index (χ2v) is 2.46. The van der Waals surface area contributed by atoms with Gasteiger partial charge in [-0.1, -0.05) is 11.6 Å². The monoisotopic (exact) mass is 187 g/mol. The molecule has 0 unspecified atom stereocenters. The normalized spacial score (nSPS) is 9.42. The molecule has 0 saturated heterocycles. The van der Waals surface area contributed by atoms with Gasteiger partial charge in [-0.2, -0.15) is 0 Å². The Morgan fingerprint density at radius 3 is 3.00 bits per heavy atom. The van der Waals surface area contributed by atoms with E-state index in [9.17, 15) is 4.79 Å². The number of rotatable bonds is 3. The minimum absolute atomic E-state index is 0.352. The van der Waals surface area contributed by atoms with Gasteiger partial charge in [-0.15, -0.1) is 0 Å². The third-order valence-electron chi connectivity index (χ3n) is 1.04. The van der Waals surface area contributed by atoms with Gasteiger partial charge in [0.25, 0.3) is 0 Å². The Hall–Kier alpha value is -1.29. The third kappa shape index (κ3) is 2.75. The highest BCUT2D eigenvalue weighted by Gasteiger charge is 1.99. The summed E-state index contributed by atoms with van der Waals surface area (Å²) >= 11 is 5.57. The molecule has 0 fully saturated rings. The Kier molecular flexibility index (Phi) is 2.88. The summed E-state index contributed by atoms with van der Waals surface area (Å²) < 4.78 is 4.80. The van der Waals surface area contributed by atoms with Crippen LogP contribution in [0.2, 0.25) is 5.02 Å². The van der Waals surface area contributed by atoms with E-state index in [0.717, 1.165) is 0 Å². The Bertz CT molecular complexity index is 290. The topological polar surface area (TPSA) is 59.4 Å². The zero-order valence-corrected chi connectivity index (χ0v) is 6.78. The molecule has 4 nitrogen and oxygen atoms in total. The number of aromatic nitrogens is 1. The van der Waals surface area contributed by atoms with E-state index in [4.69, 9.17) is 21.4 Å². The Labute approximate surface area is 73.8 Å². The van der Waals surface area contributed by atoms with Crippen LogP contribution in [0.15, 0.2) is 18.5 Å². The van der Waals surface area contributed by atoms with E-state index >= 15 is 0 Å². The van der Waals surface area contributed by atoms with Crippen molar-refractivity contribution in [2.24, 2.45) is 0 Å². The summed E-state index contributed by atoms with van der Waals surface area (Å²) in [5.41, 5.74) is 0. The van der Waals surface area contributed by atoms with Gasteiger partial charge in [0, 0.05) is 12.3 Å². The molecule has 1 aromatic heterocycles. The predicted octanol–water partition coefficient (Wildman–Crippen LogP) is 1.20. The molecule has 1 rings (SSSR count). The van der Waals surface area contributed by atoms with Gasteiger partial charge >= 0.3 is 5.97 Å². The van der Waals surface area contributed by atoms with Crippen LogP contribution in [0, 0.1) is 0 Å². The summed E-state index contributed by atoms with van der Waals surface area (Å²) in [4.78, 5) is 13.8. The SMILES string of the molecule is O=C(O)COc1cncc(Cl)c1. The lowest BCUT2D eigenvalue weighted by molar-refractivity contribution is -0.139. The van der Waals surface area contributed by atoms with Crippen molar-refractivity contribution >= 4 is 17.6 Å². The van der Waals surface area contributed by atoms with Crippen molar-refractivity contribution in [2.75, 3.05) is 6.61 Å². The van der Waals surface area contributed by atoms with Crippen LogP contribution in [0.3, 0.4) is 0 Å². The third-order valence-corrected chi connectivity index (χ3v) is 1.25. The molecule has 0 saturated carbocycles. The van der Waals surface area contributed by atoms with E-state index < -0.39 is 5.97 Å². The second-order valence-electron chi connectivity index (χ2n) is 2.02. The van der Waals surface area contributed by atoms with Gasteiger partial charge in [0.15, 0.2) is 6.61 Å². The van der Waals surface area contributed by atoms with Gasteiger partial charge in [-0.05, 0) is 0 Å². The molecule has 12 heavy (non-hydrogen) atoms. The van der Waals surface area contributed by atoms with Crippen molar-refractivity contribution in [1.29, 1.82) is 0 Å². The fourth-order valence-electron chi connectivity index (χ4n) is 0.616. The van der Waals surface area contributed by atoms with Gasteiger partial charge in [-0.25, -0.2) is 4.79 Å². The first kappa shape index (κ1) is 8.80. The van der Waals surface area contributed by atoms with Gasteiger partial charge in [0.05, 0.1) is 11.2 Å². The minimum atomic E-state index is -1.03. The van der Waals surface area contributed by atoms with Crippen LogP contribution >= 0.6 is 11.6 Å². The number of carbonyl (C=O) groups is 1. The molecule has 0 aliphatic rings. The molecule has 1 aromatic rings. The summed E-state index contributed by atoms with van der Waals surface area (Å²) in [6.07, 6.45) is 2.84. The number of nitrogens with zero attached hydrogens (tertiary/aromatic N) is 1. The maximum absolute atomic E-state index is 10.1. The average Bonchev–Trinajstić information content (AvgIpc) is 2.01. The van der Waals surface area contributed by atoms with Crippen LogP contribution < -0.4 is 4.74 Å². The Balaban J connectivity index is 2.57. The van der Waals surface area contributed by atoms with Gasteiger partial charge in [0.2, 0.25) is 0 Å². The standard InChI is InChI=1S/C7H6ClNO3/c8-5-1-6(3-9-2-5)12-4-7(10)11/h1-3H,4H2,(H,10,11). The largest absolute Gasteiger partial charge is 0.480 e. The lowest BCUT2D eigenvalue weighted by Gasteiger charge is -2.01. The number of ether oxygens (including phenoxy) is 1. The number of halogens is 1. The second kappa shape index (κ2) is 3.92. The van der Waals surface area contributed by atoms with E-state index in [1.807, 2.05) is 0 Å². The first-order valence-corrected chi connectivity index (χ1v) is 3.51. The molecule has 0 bridgehead atoms. The molecule has 1 heterocycles. The predicted molar refractivity (Wildman–Crippen MR) is 42.4 cm³/mol. The van der Waals surface area contributed by atoms with Crippen LogP contribution in [0.25, 0.3) is 0 Å². The van der Waals surface area contributed by atoms with Crippen LogP contribution in [0.1, 0.15) is 0 Å². The van der Waals surface area contributed by atoms with Crippen LogP contribution in [-0.4, -0.2) is 22.7 Å². The maximum atomic E-state index is 10.1. The van der Waals surface area contributed by atoms with Crippen molar-refractivity contribution in [1.82, 2.24) is 4.98 Å². The van der Waals surface area contributed by atoms with Crippen LogP contribution in [0.4, 0.5) is 0 Å². The molecule has 0 spiro atoms. The molecule has 0 radical (unpaired) electrons. The van der Waals surface area contributed by atoms with E-state index in [0.29, 0.717) is 10.8 Å². The number of hydrogen-bond donors (Lipinski definition) is 1. The molecule has 64 valence electrons. The molecule has 5 heteroatoms. The van der Waals surface area contributed by atoms with Crippen molar-refractivity contribution in [2.45, 2.75) is 0 Å². The molecule has 0 aromatic carbocycles. The first-order valence-electron chi connectivity index (χ1n) is 3.13. The molecule has 0 aliphatic carbocycles. The molecular formula is C7H6ClNO3. The number of carboxylic acid groups (broad SMARTS) is 1. The number of carboxylic acids is 1. The van der Waals surface area contributed by atoms with E-state index in [1.54, 1.807) is 0 Å². The summed E-state index contributed by atoms with van der Waals surface area (Å²) in [6.45, 7) is -0.387. The molecular weight excluding hydrogens is 182 g/mol. The zero-order valence-electron chi connectivity index (χ0n) is 6.03.